The van der Waals surface area contributed by atoms with Crippen LogP contribution in [0, 0.1) is 0 Å². The summed E-state index contributed by atoms with van der Waals surface area (Å²) in [6, 6.07) is 4.08. The van der Waals surface area contributed by atoms with E-state index in [-0.39, 0.29) is 5.56 Å². The summed E-state index contributed by atoms with van der Waals surface area (Å²) in [5.74, 6) is -2.62. The third-order valence-corrected chi connectivity index (χ3v) is 1.87. The zero-order valence-corrected chi connectivity index (χ0v) is 9.10. The first-order valence-corrected chi connectivity index (χ1v) is 4.77. The fraction of sp³-hybridized carbons (Fsp3) is 0.300. The molecule has 106 valence electrons. The minimum absolute atomic E-state index is 0.201. The number of carbonyl (C=O) groups is 1. The molecule has 0 aliphatic heterocycles. The molecule has 9 heteroatoms. The maximum absolute atomic E-state index is 11.8. The highest BCUT2D eigenvalue weighted by Crippen LogP contribution is 2.22. The minimum atomic E-state index is -5.00. The molecule has 0 bridgehead atoms. The van der Waals surface area contributed by atoms with E-state index >= 15 is 0 Å². The highest BCUT2D eigenvalue weighted by Gasteiger charge is 2.38. The third-order valence-electron chi connectivity index (χ3n) is 1.87. The van der Waals surface area contributed by atoms with E-state index < -0.39 is 30.7 Å². The summed E-state index contributed by atoms with van der Waals surface area (Å²) < 4.78 is 74.6. The number of benzene rings is 1. The number of hydrogen-bond donors (Lipinski definition) is 1. The summed E-state index contributed by atoms with van der Waals surface area (Å²) in [4.78, 5) is 10.5. The van der Waals surface area contributed by atoms with Gasteiger partial charge in [-0.05, 0) is 17.7 Å². The molecular weight excluding hydrogens is 280 g/mol. The number of hydrogen-bond acceptors (Lipinski definition) is 2. The van der Waals surface area contributed by atoms with Gasteiger partial charge in [-0.3, -0.25) is 4.79 Å². The average molecular weight is 287 g/mol. The van der Waals surface area contributed by atoms with E-state index in [0.717, 1.165) is 24.3 Å². The predicted octanol–water partition coefficient (Wildman–Crippen LogP) is 2.76. The quantitative estimate of drug-likeness (QED) is 0.868. The molecule has 1 amide bonds. The van der Waals surface area contributed by atoms with E-state index in [1.165, 1.54) is 0 Å². The Bertz CT molecular complexity index is 437. The molecule has 0 aliphatic carbocycles. The first-order valence-electron chi connectivity index (χ1n) is 4.77. The molecule has 0 spiro atoms. The Morgan fingerprint density at radius 2 is 1.58 bits per heavy atom. The molecule has 0 atom stereocenters. The van der Waals surface area contributed by atoms with Crippen molar-refractivity contribution in [1.29, 1.82) is 0 Å². The van der Waals surface area contributed by atoms with Crippen LogP contribution < -0.4 is 10.1 Å². The Labute approximate surface area is 103 Å². The van der Waals surface area contributed by atoms with Crippen molar-refractivity contribution in [2.24, 2.45) is 0 Å². The summed E-state index contributed by atoms with van der Waals surface area (Å²) in [6.45, 7) is -0.454. The Kier molecular flexibility index (Phi) is 4.28. The number of rotatable bonds is 3. The van der Waals surface area contributed by atoms with Gasteiger partial charge in [0.1, 0.15) is 5.75 Å². The van der Waals surface area contributed by atoms with Crippen LogP contribution in [0.25, 0.3) is 0 Å². The van der Waals surface area contributed by atoms with Gasteiger partial charge in [-0.2, -0.15) is 13.2 Å². The van der Waals surface area contributed by atoms with Crippen molar-refractivity contribution >= 4 is 5.91 Å². The van der Waals surface area contributed by atoms with E-state index in [4.69, 9.17) is 0 Å². The Morgan fingerprint density at radius 3 is 2.00 bits per heavy atom. The highest BCUT2D eigenvalue weighted by molar-refractivity contribution is 5.81. The van der Waals surface area contributed by atoms with Crippen LogP contribution in [0.5, 0.6) is 5.75 Å². The third kappa shape index (κ3) is 5.49. The van der Waals surface area contributed by atoms with Crippen molar-refractivity contribution in [2.75, 3.05) is 0 Å². The molecule has 0 radical (unpaired) electrons. The molecule has 0 saturated heterocycles. The monoisotopic (exact) mass is 287 g/mol. The van der Waals surface area contributed by atoms with Crippen LogP contribution in [0.2, 0.25) is 0 Å². The average Bonchev–Trinajstić information content (AvgIpc) is 2.24. The first kappa shape index (κ1) is 15.1. The fourth-order valence-corrected chi connectivity index (χ4v) is 1.09. The first-order chi connectivity index (χ1) is 8.58. The highest BCUT2D eigenvalue weighted by atomic mass is 19.4. The minimum Gasteiger partial charge on any atom is -0.406 e. The molecule has 0 aromatic heterocycles. The molecular formula is C10H7F6NO2. The van der Waals surface area contributed by atoms with Crippen LogP contribution in [-0.4, -0.2) is 18.4 Å². The molecule has 0 aliphatic rings. The number of halogens is 6. The van der Waals surface area contributed by atoms with Crippen molar-refractivity contribution < 1.29 is 35.9 Å². The van der Waals surface area contributed by atoms with E-state index in [0.29, 0.717) is 0 Å². The van der Waals surface area contributed by atoms with Gasteiger partial charge in [-0.15, -0.1) is 13.2 Å². The van der Waals surface area contributed by atoms with Crippen molar-refractivity contribution in [1.82, 2.24) is 5.32 Å². The van der Waals surface area contributed by atoms with Crippen molar-refractivity contribution in [3.05, 3.63) is 29.8 Å². The van der Waals surface area contributed by atoms with E-state index in [1.807, 2.05) is 0 Å². The van der Waals surface area contributed by atoms with E-state index in [1.54, 1.807) is 5.32 Å². The fourth-order valence-electron chi connectivity index (χ4n) is 1.09. The molecule has 1 aromatic rings. The molecule has 1 rings (SSSR count). The van der Waals surface area contributed by atoms with Crippen molar-refractivity contribution in [2.45, 2.75) is 19.1 Å². The lowest BCUT2D eigenvalue weighted by molar-refractivity contribution is -0.274. The zero-order valence-electron chi connectivity index (χ0n) is 9.10. The van der Waals surface area contributed by atoms with Crippen molar-refractivity contribution in [3.8, 4) is 5.75 Å². The van der Waals surface area contributed by atoms with Gasteiger partial charge in [-0.25, -0.2) is 0 Å². The second-order valence-electron chi connectivity index (χ2n) is 3.37. The van der Waals surface area contributed by atoms with Gasteiger partial charge in [0, 0.05) is 6.54 Å². The standard InChI is InChI=1S/C10H7F6NO2/c11-9(12,13)8(18)17-5-6-1-3-7(4-2-6)19-10(14,15)16/h1-4H,5H2,(H,17,18). The van der Waals surface area contributed by atoms with Crippen molar-refractivity contribution in [3.63, 3.8) is 0 Å². The summed E-state index contributed by atoms with van der Waals surface area (Å²) in [7, 11) is 0. The number of carbonyl (C=O) groups excluding carboxylic acids is 1. The zero-order chi connectivity index (χ0) is 14.7. The van der Waals surface area contributed by atoms with E-state index in [9.17, 15) is 31.1 Å². The summed E-state index contributed by atoms with van der Waals surface area (Å²) >= 11 is 0. The second kappa shape index (κ2) is 5.37. The maximum atomic E-state index is 11.8. The van der Waals surface area contributed by atoms with Gasteiger partial charge >= 0.3 is 18.4 Å². The lowest BCUT2D eigenvalue weighted by Gasteiger charge is -2.10. The molecule has 19 heavy (non-hydrogen) atoms. The summed E-state index contributed by atoms with van der Waals surface area (Å²) in [5, 5.41) is 1.58. The molecule has 0 heterocycles. The van der Waals surface area contributed by atoms with Crippen LogP contribution in [0.4, 0.5) is 26.3 Å². The largest absolute Gasteiger partial charge is 0.573 e. The number of nitrogens with one attached hydrogen (secondary N) is 1. The van der Waals surface area contributed by atoms with Crippen LogP contribution >= 0.6 is 0 Å². The Morgan fingerprint density at radius 1 is 1.05 bits per heavy atom. The van der Waals surface area contributed by atoms with Crippen LogP contribution in [0.15, 0.2) is 24.3 Å². The predicted molar refractivity (Wildman–Crippen MR) is 51.0 cm³/mol. The van der Waals surface area contributed by atoms with Crippen LogP contribution in [0.1, 0.15) is 5.56 Å². The number of ether oxygens (including phenoxy) is 1. The molecule has 1 N–H and O–H groups in total. The molecule has 0 unspecified atom stereocenters. The molecule has 1 aromatic carbocycles. The number of amides is 1. The second-order valence-corrected chi connectivity index (χ2v) is 3.37. The lowest BCUT2D eigenvalue weighted by atomic mass is 10.2. The lowest BCUT2D eigenvalue weighted by Crippen LogP contribution is -2.36. The molecule has 3 nitrogen and oxygen atoms in total. The molecule has 0 fully saturated rings. The smallest absolute Gasteiger partial charge is 0.406 e. The van der Waals surface area contributed by atoms with Crippen LogP contribution in [0.3, 0.4) is 0 Å². The summed E-state index contributed by atoms with van der Waals surface area (Å²) in [6.07, 6.45) is -9.84. The van der Waals surface area contributed by atoms with Gasteiger partial charge in [0.25, 0.3) is 0 Å². The molecule has 0 saturated carbocycles. The normalized spacial score (nSPS) is 12.1. The Hall–Kier alpha value is -1.93. The van der Waals surface area contributed by atoms with Gasteiger partial charge in [-0.1, -0.05) is 12.1 Å². The van der Waals surface area contributed by atoms with Gasteiger partial charge < -0.3 is 10.1 Å². The SMILES string of the molecule is O=C(NCc1ccc(OC(F)(F)F)cc1)C(F)(F)F. The van der Waals surface area contributed by atoms with Crippen LogP contribution in [-0.2, 0) is 11.3 Å². The van der Waals surface area contributed by atoms with Gasteiger partial charge in [0.2, 0.25) is 0 Å². The Balaban J connectivity index is 2.56. The van der Waals surface area contributed by atoms with Gasteiger partial charge in [0.05, 0.1) is 0 Å². The topological polar surface area (TPSA) is 38.3 Å². The van der Waals surface area contributed by atoms with E-state index in [2.05, 4.69) is 4.74 Å². The summed E-state index contributed by atoms with van der Waals surface area (Å²) in [5.41, 5.74) is 0.201. The number of alkyl halides is 6. The van der Waals surface area contributed by atoms with Gasteiger partial charge in [0.15, 0.2) is 0 Å². The maximum Gasteiger partial charge on any atom is 0.573 e.